The van der Waals surface area contributed by atoms with E-state index in [1.165, 1.54) is 37.3 Å². The number of nitrogens with one attached hydrogen (secondary N) is 1. The molecular formula is C36H40ClN3O6S. The number of methoxy groups -OCH3 is 2. The summed E-state index contributed by atoms with van der Waals surface area (Å²) < 4.78 is 40.7. The molecule has 11 heteroatoms. The van der Waals surface area contributed by atoms with Gasteiger partial charge in [0.05, 0.1) is 24.8 Å². The lowest BCUT2D eigenvalue weighted by Crippen LogP contribution is -2.53. The number of hydrogen-bond acceptors (Lipinski definition) is 6. The van der Waals surface area contributed by atoms with Crippen molar-refractivity contribution in [3.05, 3.63) is 118 Å². The van der Waals surface area contributed by atoms with E-state index in [0.29, 0.717) is 28.6 Å². The van der Waals surface area contributed by atoms with Crippen LogP contribution in [0.2, 0.25) is 5.02 Å². The number of aryl methyl sites for hydroxylation is 2. The van der Waals surface area contributed by atoms with E-state index in [2.05, 4.69) is 5.32 Å². The topological polar surface area (TPSA) is 105 Å². The third-order valence-corrected chi connectivity index (χ3v) is 9.78. The lowest BCUT2D eigenvalue weighted by atomic mass is 10.0. The maximum atomic E-state index is 14.6. The Labute approximate surface area is 282 Å². The molecule has 1 N–H and O–H groups in total. The second-order valence-corrected chi connectivity index (χ2v) is 13.4. The third-order valence-electron chi connectivity index (χ3n) is 7.64. The zero-order valence-corrected chi connectivity index (χ0v) is 28.8. The minimum absolute atomic E-state index is 0.0236. The van der Waals surface area contributed by atoms with E-state index in [0.717, 1.165) is 21.0 Å². The quantitative estimate of drug-likeness (QED) is 0.177. The highest BCUT2D eigenvalue weighted by Gasteiger charge is 2.35. The number of sulfonamides is 1. The first kappa shape index (κ1) is 35.3. The maximum Gasteiger partial charge on any atom is 0.264 e. The standard InChI is InChI=1S/C36H40ClN3O6S/c1-6-38-36(42)32(21-27-12-8-7-9-13-27)39(23-28-14-10-11-15-31(28)37)35(41)24-40(29-19-25(2)18-26(3)20-29)47(43,44)30-16-17-33(45-4)34(22-30)46-5/h7-20,22,32H,6,21,23-24H2,1-5H3,(H,38,42)/t32-/m0/s1. The Morgan fingerprint density at radius 2 is 1.49 bits per heavy atom. The Hall–Kier alpha value is -4.54. The van der Waals surface area contributed by atoms with Crippen LogP contribution in [0.15, 0.2) is 95.9 Å². The molecule has 0 unspecified atom stereocenters. The number of anilines is 1. The molecular weight excluding hydrogens is 638 g/mol. The Morgan fingerprint density at radius 3 is 2.11 bits per heavy atom. The zero-order chi connectivity index (χ0) is 34.1. The maximum absolute atomic E-state index is 14.6. The van der Waals surface area contributed by atoms with Gasteiger partial charge in [0.2, 0.25) is 11.8 Å². The van der Waals surface area contributed by atoms with Gasteiger partial charge in [0.15, 0.2) is 11.5 Å². The molecule has 0 saturated carbocycles. The summed E-state index contributed by atoms with van der Waals surface area (Å²) in [5.74, 6) is -0.366. The van der Waals surface area contributed by atoms with Crippen molar-refractivity contribution in [2.45, 2.75) is 44.7 Å². The summed E-state index contributed by atoms with van der Waals surface area (Å²) in [5.41, 5.74) is 3.39. The van der Waals surface area contributed by atoms with E-state index in [9.17, 15) is 18.0 Å². The van der Waals surface area contributed by atoms with Gasteiger partial charge in [-0.1, -0.05) is 66.2 Å². The highest BCUT2D eigenvalue weighted by Crippen LogP contribution is 2.33. The van der Waals surface area contributed by atoms with Crippen molar-refractivity contribution in [1.29, 1.82) is 0 Å². The number of ether oxygens (including phenoxy) is 2. The van der Waals surface area contributed by atoms with Gasteiger partial charge in [0.25, 0.3) is 10.0 Å². The number of benzene rings is 4. The van der Waals surface area contributed by atoms with Gasteiger partial charge in [-0.3, -0.25) is 13.9 Å². The molecule has 0 saturated heterocycles. The van der Waals surface area contributed by atoms with E-state index in [-0.39, 0.29) is 29.5 Å². The monoisotopic (exact) mass is 677 g/mol. The van der Waals surface area contributed by atoms with Crippen molar-refractivity contribution >= 4 is 39.1 Å². The Morgan fingerprint density at radius 1 is 0.851 bits per heavy atom. The molecule has 2 amide bonds. The summed E-state index contributed by atoms with van der Waals surface area (Å²) >= 11 is 6.55. The van der Waals surface area contributed by atoms with Gasteiger partial charge in [0.1, 0.15) is 12.6 Å². The van der Waals surface area contributed by atoms with E-state index in [1.54, 1.807) is 43.3 Å². The number of halogens is 1. The SMILES string of the molecule is CCNC(=O)[C@H](Cc1ccccc1)N(Cc1ccccc1Cl)C(=O)CN(c1cc(C)cc(C)c1)S(=O)(=O)c1ccc(OC)c(OC)c1. The number of hydrogen-bond donors (Lipinski definition) is 1. The molecule has 4 rings (SSSR count). The fourth-order valence-electron chi connectivity index (χ4n) is 5.38. The van der Waals surface area contributed by atoms with Gasteiger partial charge >= 0.3 is 0 Å². The smallest absolute Gasteiger partial charge is 0.264 e. The number of likely N-dealkylation sites (N-methyl/N-ethyl adjacent to an activating group) is 1. The van der Waals surface area contributed by atoms with Crippen LogP contribution in [0.4, 0.5) is 5.69 Å². The molecule has 1 atom stereocenters. The summed E-state index contributed by atoms with van der Waals surface area (Å²) in [7, 11) is -1.47. The van der Waals surface area contributed by atoms with E-state index in [1.807, 2.05) is 50.2 Å². The molecule has 0 aliphatic carbocycles. The van der Waals surface area contributed by atoms with Crippen LogP contribution < -0.4 is 19.1 Å². The number of carbonyl (C=O) groups excluding carboxylic acids is 2. The molecule has 0 radical (unpaired) electrons. The summed E-state index contributed by atoms with van der Waals surface area (Å²) in [6.07, 6.45) is 0.203. The van der Waals surface area contributed by atoms with Crippen LogP contribution in [-0.4, -0.2) is 58.5 Å². The first-order valence-corrected chi connectivity index (χ1v) is 17.0. The van der Waals surface area contributed by atoms with E-state index in [4.69, 9.17) is 21.1 Å². The minimum Gasteiger partial charge on any atom is -0.493 e. The van der Waals surface area contributed by atoms with E-state index < -0.39 is 28.5 Å². The normalized spacial score (nSPS) is 11.8. The van der Waals surface area contributed by atoms with Gasteiger partial charge in [-0.15, -0.1) is 0 Å². The van der Waals surface area contributed by atoms with Crippen molar-refractivity contribution in [2.24, 2.45) is 0 Å². The van der Waals surface area contributed by atoms with Crippen molar-refractivity contribution < 1.29 is 27.5 Å². The van der Waals surface area contributed by atoms with Crippen molar-refractivity contribution in [3.63, 3.8) is 0 Å². The second kappa shape index (κ2) is 15.8. The third kappa shape index (κ3) is 8.64. The van der Waals surface area contributed by atoms with Gasteiger partial charge in [0, 0.05) is 30.6 Å². The lowest BCUT2D eigenvalue weighted by molar-refractivity contribution is -0.140. The number of amides is 2. The molecule has 47 heavy (non-hydrogen) atoms. The number of nitrogens with zero attached hydrogens (tertiary/aromatic N) is 2. The van der Waals surface area contributed by atoms with Crippen LogP contribution in [0, 0.1) is 13.8 Å². The molecule has 0 aliphatic heterocycles. The molecule has 9 nitrogen and oxygen atoms in total. The summed E-state index contributed by atoms with van der Waals surface area (Å²) in [6.45, 7) is 5.25. The molecule has 0 aromatic heterocycles. The first-order chi connectivity index (χ1) is 22.5. The average Bonchev–Trinajstić information content (AvgIpc) is 3.05. The Bertz CT molecular complexity index is 1800. The summed E-state index contributed by atoms with van der Waals surface area (Å²) in [5, 5.41) is 3.28. The molecule has 4 aromatic carbocycles. The fraction of sp³-hybridized carbons (Fsp3) is 0.278. The molecule has 4 aromatic rings. The van der Waals surface area contributed by atoms with Crippen molar-refractivity contribution in [2.75, 3.05) is 31.6 Å². The highest BCUT2D eigenvalue weighted by atomic mass is 35.5. The van der Waals surface area contributed by atoms with Crippen LogP contribution in [0.5, 0.6) is 11.5 Å². The lowest BCUT2D eigenvalue weighted by Gasteiger charge is -2.34. The van der Waals surface area contributed by atoms with Crippen LogP contribution >= 0.6 is 11.6 Å². The average molecular weight is 678 g/mol. The highest BCUT2D eigenvalue weighted by molar-refractivity contribution is 7.92. The Kier molecular flexibility index (Phi) is 11.9. The molecule has 0 fully saturated rings. The van der Waals surface area contributed by atoms with Crippen LogP contribution in [0.3, 0.4) is 0 Å². The van der Waals surface area contributed by atoms with Crippen molar-refractivity contribution in [1.82, 2.24) is 10.2 Å². The zero-order valence-electron chi connectivity index (χ0n) is 27.2. The number of rotatable bonds is 14. The fourth-order valence-corrected chi connectivity index (χ4v) is 6.99. The minimum atomic E-state index is -4.35. The number of carbonyl (C=O) groups is 2. The molecule has 0 spiro atoms. The summed E-state index contributed by atoms with van der Waals surface area (Å²) in [6, 6.07) is 25.1. The van der Waals surface area contributed by atoms with Crippen LogP contribution in [0.1, 0.15) is 29.2 Å². The van der Waals surface area contributed by atoms with Gasteiger partial charge in [-0.25, -0.2) is 8.42 Å². The second-order valence-electron chi connectivity index (χ2n) is 11.1. The van der Waals surface area contributed by atoms with Crippen LogP contribution in [-0.2, 0) is 32.6 Å². The molecule has 0 heterocycles. The molecule has 0 bridgehead atoms. The van der Waals surface area contributed by atoms with Crippen LogP contribution in [0.25, 0.3) is 0 Å². The molecule has 248 valence electrons. The Balaban J connectivity index is 1.85. The van der Waals surface area contributed by atoms with E-state index >= 15 is 0 Å². The van der Waals surface area contributed by atoms with Gasteiger partial charge in [-0.2, -0.15) is 0 Å². The largest absolute Gasteiger partial charge is 0.493 e. The van der Waals surface area contributed by atoms with Crippen molar-refractivity contribution in [3.8, 4) is 11.5 Å². The predicted octanol–water partition coefficient (Wildman–Crippen LogP) is 5.95. The molecule has 0 aliphatic rings. The summed E-state index contributed by atoms with van der Waals surface area (Å²) in [4.78, 5) is 29.6. The first-order valence-electron chi connectivity index (χ1n) is 15.2. The predicted molar refractivity (Wildman–Crippen MR) is 185 cm³/mol. The van der Waals surface area contributed by atoms with Gasteiger partial charge < -0.3 is 19.7 Å². The van der Waals surface area contributed by atoms with Gasteiger partial charge in [-0.05, 0) is 73.4 Å².